The highest BCUT2D eigenvalue weighted by Gasteiger charge is 2.61. The average Bonchev–Trinajstić information content (AvgIpc) is 2.87. The molecule has 4 aliphatic rings. The Morgan fingerprint density at radius 2 is 1.92 bits per heavy atom. The molecule has 2 nitrogen and oxygen atoms in total. The molecule has 3 fully saturated rings. The van der Waals surface area contributed by atoms with Gasteiger partial charge in [0.1, 0.15) is 12.0 Å². The number of Topliss-reactive ketones (excluding diaryl/α,β-unsaturated/α-hetero) is 1. The monoisotopic (exact) mass is 332 g/mol. The first-order valence-electron chi connectivity index (χ1n) is 9.67. The fourth-order valence-corrected chi connectivity index (χ4v) is 7.23. The molecule has 132 valence electrons. The molecule has 0 spiro atoms. The average molecular weight is 332 g/mol. The smallest absolute Gasteiger partial charge is 0.155 e. The van der Waals surface area contributed by atoms with Gasteiger partial charge in [-0.3, -0.25) is 9.59 Å². The molecule has 4 rings (SSSR count). The van der Waals surface area contributed by atoms with Crippen LogP contribution in [0.2, 0.25) is 0 Å². The first kappa shape index (κ1) is 16.5. The molecule has 0 N–H and O–H groups in total. The summed E-state index contributed by atoms with van der Waals surface area (Å²) in [6.45, 7) is 6.23. The number of hydrogen-bond acceptors (Lipinski definition) is 2. The van der Waals surface area contributed by atoms with Gasteiger partial charge in [-0.05, 0) is 85.7 Å². The number of hydrogen-bond donors (Lipinski definition) is 0. The number of allylic oxidation sites excluding steroid dienone is 1. The van der Waals surface area contributed by atoms with Crippen LogP contribution in [-0.4, -0.2) is 17.7 Å². The van der Waals surface area contributed by atoms with Gasteiger partial charge in [0.25, 0.3) is 0 Å². The van der Waals surface area contributed by atoms with E-state index in [0.29, 0.717) is 36.4 Å². The molecule has 0 bridgehead atoms. The Morgan fingerprint density at radius 1 is 1.17 bits per heavy atom. The zero-order valence-electron chi connectivity index (χ0n) is 15.1. The fourth-order valence-electron chi connectivity index (χ4n) is 7.23. The Hall–Kier alpha value is -0.990. The van der Waals surface area contributed by atoms with Gasteiger partial charge >= 0.3 is 0 Å². The number of halogens is 1. The van der Waals surface area contributed by atoms with Crippen molar-refractivity contribution in [1.82, 2.24) is 0 Å². The van der Waals surface area contributed by atoms with E-state index in [2.05, 4.69) is 13.8 Å². The molecule has 0 aromatic heterocycles. The van der Waals surface area contributed by atoms with E-state index in [-0.39, 0.29) is 22.5 Å². The summed E-state index contributed by atoms with van der Waals surface area (Å²) in [5.41, 5.74) is 0.699. The normalized spacial score (nSPS) is 50.6. The highest BCUT2D eigenvalue weighted by Crippen LogP contribution is 2.66. The predicted octanol–water partition coefficient (Wildman–Crippen LogP) is 4.67. The van der Waals surface area contributed by atoms with E-state index in [1.54, 1.807) is 13.0 Å². The predicted molar refractivity (Wildman–Crippen MR) is 91.2 cm³/mol. The molecule has 24 heavy (non-hydrogen) atoms. The maximum absolute atomic E-state index is 15.1. The van der Waals surface area contributed by atoms with Gasteiger partial charge in [0.05, 0.1) is 0 Å². The van der Waals surface area contributed by atoms with Crippen molar-refractivity contribution in [2.24, 2.45) is 34.5 Å². The largest absolute Gasteiger partial charge is 0.300 e. The number of rotatable bonds is 1. The molecule has 0 heterocycles. The number of alkyl halides is 1. The summed E-state index contributed by atoms with van der Waals surface area (Å²) >= 11 is 0. The third-order valence-corrected chi connectivity index (χ3v) is 8.43. The summed E-state index contributed by atoms with van der Waals surface area (Å²) in [5.74, 6) is 1.91. The fraction of sp³-hybridized carbons (Fsp3) is 0.810. The van der Waals surface area contributed by atoms with E-state index in [1.807, 2.05) is 0 Å². The Labute approximate surface area is 144 Å². The van der Waals surface area contributed by atoms with Crippen LogP contribution in [0.4, 0.5) is 4.39 Å². The standard InChI is InChI=1S/C21H29FO2/c1-12(23)15-4-5-16-14-11-19(22)18-10-13(24)6-8-21(18,3)17(14)7-9-20(15,16)2/h10,14-17,19H,4-9,11H2,1-3H3/t14-,15+,16-,17-,19-,20+,21-/m1/s1. The second kappa shape index (κ2) is 5.25. The molecule has 0 aromatic rings. The Balaban J connectivity index is 1.71. The highest BCUT2D eigenvalue weighted by molar-refractivity contribution is 5.91. The van der Waals surface area contributed by atoms with Gasteiger partial charge in [0.15, 0.2) is 5.78 Å². The van der Waals surface area contributed by atoms with E-state index in [4.69, 9.17) is 0 Å². The SMILES string of the molecule is CC(=O)[C@@H]1CC[C@@H]2[C@H]3C[C@@H](F)C4=CC(=O)CC[C@]4(C)[C@@H]3CC[C@]21C. The van der Waals surface area contributed by atoms with E-state index < -0.39 is 6.17 Å². The maximum Gasteiger partial charge on any atom is 0.155 e. The first-order valence-corrected chi connectivity index (χ1v) is 9.67. The van der Waals surface area contributed by atoms with Crippen LogP contribution in [0.1, 0.15) is 65.7 Å². The Morgan fingerprint density at radius 3 is 2.62 bits per heavy atom. The molecule has 0 unspecified atom stereocenters. The zero-order chi connectivity index (χ0) is 17.3. The van der Waals surface area contributed by atoms with Gasteiger partial charge in [0, 0.05) is 12.3 Å². The number of ketones is 2. The second-order valence-electron chi connectivity index (χ2n) is 9.35. The Bertz CT molecular complexity index is 623. The van der Waals surface area contributed by atoms with Crippen LogP contribution in [0, 0.1) is 34.5 Å². The van der Waals surface area contributed by atoms with Gasteiger partial charge in [-0.1, -0.05) is 13.8 Å². The molecule has 0 amide bonds. The van der Waals surface area contributed by atoms with Crippen LogP contribution in [0.15, 0.2) is 11.6 Å². The molecule has 0 aliphatic heterocycles. The van der Waals surface area contributed by atoms with Gasteiger partial charge in [-0.25, -0.2) is 4.39 Å². The zero-order valence-corrected chi connectivity index (χ0v) is 15.1. The van der Waals surface area contributed by atoms with Crippen LogP contribution < -0.4 is 0 Å². The summed E-state index contributed by atoms with van der Waals surface area (Å²) in [7, 11) is 0. The molecule has 7 atom stereocenters. The van der Waals surface area contributed by atoms with Crippen LogP contribution in [0.3, 0.4) is 0 Å². The summed E-state index contributed by atoms with van der Waals surface area (Å²) in [5, 5.41) is 0. The lowest BCUT2D eigenvalue weighted by atomic mass is 9.46. The van der Waals surface area contributed by atoms with Crippen molar-refractivity contribution in [3.05, 3.63) is 11.6 Å². The highest BCUT2D eigenvalue weighted by atomic mass is 19.1. The van der Waals surface area contributed by atoms with Gasteiger partial charge < -0.3 is 0 Å². The van der Waals surface area contributed by atoms with E-state index in [1.165, 1.54) is 0 Å². The number of carbonyl (C=O) groups is 2. The first-order chi connectivity index (χ1) is 11.3. The van der Waals surface area contributed by atoms with Crippen molar-refractivity contribution in [3.63, 3.8) is 0 Å². The molecule has 3 heteroatoms. The second-order valence-corrected chi connectivity index (χ2v) is 9.35. The quantitative estimate of drug-likeness (QED) is 0.699. The van der Waals surface area contributed by atoms with Crippen molar-refractivity contribution >= 4 is 11.6 Å². The Kier molecular flexibility index (Phi) is 3.61. The number of carbonyl (C=O) groups excluding carboxylic acids is 2. The van der Waals surface area contributed by atoms with Crippen LogP contribution in [0.5, 0.6) is 0 Å². The molecule has 4 aliphatic carbocycles. The molecular formula is C21H29FO2. The van der Waals surface area contributed by atoms with Crippen molar-refractivity contribution in [3.8, 4) is 0 Å². The third-order valence-electron chi connectivity index (χ3n) is 8.43. The van der Waals surface area contributed by atoms with Crippen molar-refractivity contribution in [2.45, 2.75) is 71.9 Å². The van der Waals surface area contributed by atoms with Gasteiger partial charge in [-0.15, -0.1) is 0 Å². The van der Waals surface area contributed by atoms with E-state index in [0.717, 1.165) is 37.7 Å². The van der Waals surface area contributed by atoms with E-state index >= 15 is 4.39 Å². The lowest BCUT2D eigenvalue weighted by Crippen LogP contribution is -2.53. The van der Waals surface area contributed by atoms with Crippen molar-refractivity contribution in [1.29, 1.82) is 0 Å². The van der Waals surface area contributed by atoms with Crippen molar-refractivity contribution < 1.29 is 14.0 Å². The summed E-state index contributed by atoms with van der Waals surface area (Å²) in [4.78, 5) is 24.0. The topological polar surface area (TPSA) is 34.1 Å². The van der Waals surface area contributed by atoms with Crippen LogP contribution in [-0.2, 0) is 9.59 Å². The summed E-state index contributed by atoms with van der Waals surface area (Å²) < 4.78 is 15.1. The van der Waals surface area contributed by atoms with Crippen LogP contribution >= 0.6 is 0 Å². The lowest BCUT2D eigenvalue weighted by Gasteiger charge is -2.58. The van der Waals surface area contributed by atoms with Gasteiger partial charge in [0.2, 0.25) is 0 Å². The minimum Gasteiger partial charge on any atom is -0.300 e. The maximum atomic E-state index is 15.1. The summed E-state index contributed by atoms with van der Waals surface area (Å²) in [6.07, 6.45) is 6.80. The summed E-state index contributed by atoms with van der Waals surface area (Å²) in [6, 6.07) is 0. The molecular weight excluding hydrogens is 303 g/mol. The molecule has 3 saturated carbocycles. The van der Waals surface area contributed by atoms with Crippen LogP contribution in [0.25, 0.3) is 0 Å². The molecule has 0 radical (unpaired) electrons. The lowest BCUT2D eigenvalue weighted by molar-refractivity contribution is -0.129. The molecule has 0 aromatic carbocycles. The minimum atomic E-state index is -0.973. The minimum absolute atomic E-state index is 0.0643. The third kappa shape index (κ3) is 2.05. The van der Waals surface area contributed by atoms with Gasteiger partial charge in [-0.2, -0.15) is 0 Å². The van der Waals surface area contributed by atoms with E-state index in [9.17, 15) is 9.59 Å². The van der Waals surface area contributed by atoms with Crippen molar-refractivity contribution in [2.75, 3.05) is 0 Å². The molecule has 0 saturated heterocycles. The number of fused-ring (bicyclic) bond motifs is 5.